The zero-order valence-corrected chi connectivity index (χ0v) is 11.5. The van der Waals surface area contributed by atoms with Gasteiger partial charge in [0, 0.05) is 6.04 Å². The zero-order valence-electron chi connectivity index (χ0n) is 11.5. The number of hydrogen-bond donors (Lipinski definition) is 2. The van der Waals surface area contributed by atoms with Gasteiger partial charge >= 0.3 is 0 Å². The summed E-state index contributed by atoms with van der Waals surface area (Å²) in [5.74, 6) is 0. The van der Waals surface area contributed by atoms with Crippen LogP contribution in [0.15, 0.2) is 18.2 Å². The molecule has 18 heavy (non-hydrogen) atoms. The molecule has 0 saturated carbocycles. The molecule has 1 aliphatic rings. The third-order valence-electron chi connectivity index (χ3n) is 3.95. The molecule has 0 fully saturated rings. The lowest BCUT2D eigenvalue weighted by Gasteiger charge is -2.20. The minimum atomic E-state index is 0.454. The number of nitrogens with two attached hydrogens (primary N) is 1. The van der Waals surface area contributed by atoms with E-state index >= 15 is 0 Å². The van der Waals surface area contributed by atoms with E-state index < -0.39 is 0 Å². The average molecular weight is 246 g/mol. The Morgan fingerprint density at radius 1 is 1.17 bits per heavy atom. The molecular formula is C16H26N2. The van der Waals surface area contributed by atoms with Crippen LogP contribution in [0.5, 0.6) is 0 Å². The maximum Gasteiger partial charge on any atom is 0.0291 e. The predicted molar refractivity (Wildman–Crippen MR) is 77.8 cm³/mol. The number of benzene rings is 1. The highest BCUT2D eigenvalue weighted by Gasteiger charge is 2.11. The number of nitrogens with one attached hydrogen (secondary N) is 1. The van der Waals surface area contributed by atoms with Gasteiger partial charge < -0.3 is 11.1 Å². The van der Waals surface area contributed by atoms with Crippen LogP contribution in [-0.4, -0.2) is 13.1 Å². The lowest BCUT2D eigenvalue weighted by Crippen LogP contribution is -2.21. The van der Waals surface area contributed by atoms with Crippen LogP contribution in [0.4, 0.5) is 0 Å². The van der Waals surface area contributed by atoms with E-state index in [0.717, 1.165) is 19.5 Å². The van der Waals surface area contributed by atoms with Crippen molar-refractivity contribution in [3.8, 4) is 0 Å². The summed E-state index contributed by atoms with van der Waals surface area (Å²) < 4.78 is 0. The molecule has 0 radical (unpaired) electrons. The van der Waals surface area contributed by atoms with Crippen LogP contribution in [-0.2, 0) is 12.8 Å². The Hall–Kier alpha value is -0.860. The summed E-state index contributed by atoms with van der Waals surface area (Å²) in [7, 11) is 0. The predicted octanol–water partition coefficient (Wildman–Crippen LogP) is 2.95. The maximum absolute atomic E-state index is 5.51. The van der Waals surface area contributed by atoms with Gasteiger partial charge in [-0.1, -0.05) is 18.2 Å². The van der Waals surface area contributed by atoms with Gasteiger partial charge in [-0.2, -0.15) is 0 Å². The van der Waals surface area contributed by atoms with E-state index in [1.807, 2.05) is 0 Å². The molecule has 0 aliphatic heterocycles. The highest BCUT2D eigenvalue weighted by Crippen LogP contribution is 2.24. The van der Waals surface area contributed by atoms with Gasteiger partial charge in [0.05, 0.1) is 0 Å². The van der Waals surface area contributed by atoms with Crippen LogP contribution >= 0.6 is 0 Å². The average Bonchev–Trinajstić information content (AvgIpc) is 2.43. The first kappa shape index (κ1) is 13.6. The highest BCUT2D eigenvalue weighted by molar-refractivity contribution is 5.35. The van der Waals surface area contributed by atoms with E-state index in [1.54, 1.807) is 11.1 Å². The number of fused-ring (bicyclic) bond motifs is 1. The van der Waals surface area contributed by atoms with Crippen LogP contribution in [0.1, 0.15) is 55.3 Å². The van der Waals surface area contributed by atoms with Gasteiger partial charge in [0.2, 0.25) is 0 Å². The molecule has 1 unspecified atom stereocenters. The molecule has 0 spiro atoms. The zero-order chi connectivity index (χ0) is 12.8. The topological polar surface area (TPSA) is 38.0 Å². The fourth-order valence-corrected chi connectivity index (χ4v) is 2.73. The monoisotopic (exact) mass is 246 g/mol. The van der Waals surface area contributed by atoms with Crippen LogP contribution < -0.4 is 11.1 Å². The SMILES string of the molecule is CC(NCCCCN)c1ccc2c(c1)CCCC2. The van der Waals surface area contributed by atoms with Crippen molar-refractivity contribution in [2.45, 2.75) is 51.5 Å². The Labute approximate surface area is 111 Å². The van der Waals surface area contributed by atoms with Gasteiger partial charge in [0.25, 0.3) is 0 Å². The standard InChI is InChI=1S/C16H26N2/c1-13(18-11-5-4-10-17)15-9-8-14-6-2-3-7-16(14)12-15/h8-9,12-13,18H,2-7,10-11,17H2,1H3. The third-order valence-corrected chi connectivity index (χ3v) is 3.95. The van der Waals surface area contributed by atoms with Crippen molar-refractivity contribution >= 4 is 0 Å². The van der Waals surface area contributed by atoms with E-state index in [0.29, 0.717) is 6.04 Å². The van der Waals surface area contributed by atoms with Gasteiger partial charge in [-0.3, -0.25) is 0 Å². The normalized spacial score (nSPS) is 16.3. The second kappa shape index (κ2) is 6.91. The Kier molecular flexibility index (Phi) is 5.21. The van der Waals surface area contributed by atoms with Crippen molar-refractivity contribution in [1.82, 2.24) is 5.32 Å². The van der Waals surface area contributed by atoms with Crippen molar-refractivity contribution in [2.24, 2.45) is 5.73 Å². The molecule has 1 aromatic rings. The lowest BCUT2D eigenvalue weighted by molar-refractivity contribution is 0.547. The summed E-state index contributed by atoms with van der Waals surface area (Å²) in [6.45, 7) is 4.12. The summed E-state index contributed by atoms with van der Waals surface area (Å²) >= 11 is 0. The first-order chi connectivity index (χ1) is 8.81. The molecule has 0 saturated heterocycles. The molecule has 1 atom stereocenters. The Morgan fingerprint density at radius 2 is 1.94 bits per heavy atom. The Balaban J connectivity index is 1.91. The van der Waals surface area contributed by atoms with Crippen molar-refractivity contribution < 1.29 is 0 Å². The second-order valence-corrected chi connectivity index (χ2v) is 5.41. The number of hydrogen-bond acceptors (Lipinski definition) is 2. The molecule has 0 aromatic heterocycles. The van der Waals surface area contributed by atoms with E-state index in [2.05, 4.69) is 30.4 Å². The molecule has 0 bridgehead atoms. The number of rotatable bonds is 6. The first-order valence-electron chi connectivity index (χ1n) is 7.36. The van der Waals surface area contributed by atoms with E-state index in [1.165, 1.54) is 37.7 Å². The van der Waals surface area contributed by atoms with Crippen molar-refractivity contribution in [1.29, 1.82) is 0 Å². The molecular weight excluding hydrogens is 220 g/mol. The second-order valence-electron chi connectivity index (χ2n) is 5.41. The summed E-state index contributed by atoms with van der Waals surface area (Å²) in [5, 5.41) is 3.58. The Morgan fingerprint density at radius 3 is 2.72 bits per heavy atom. The summed E-state index contributed by atoms with van der Waals surface area (Å²) in [6, 6.07) is 7.50. The third kappa shape index (κ3) is 3.56. The van der Waals surface area contributed by atoms with Crippen LogP contribution in [0.25, 0.3) is 0 Å². The molecule has 3 N–H and O–H groups in total. The smallest absolute Gasteiger partial charge is 0.0291 e. The van der Waals surface area contributed by atoms with E-state index in [4.69, 9.17) is 5.73 Å². The largest absolute Gasteiger partial charge is 0.330 e. The molecule has 1 aromatic carbocycles. The lowest BCUT2D eigenvalue weighted by atomic mass is 9.89. The minimum Gasteiger partial charge on any atom is -0.330 e. The van der Waals surface area contributed by atoms with Crippen molar-refractivity contribution in [3.05, 3.63) is 34.9 Å². The van der Waals surface area contributed by atoms with Crippen molar-refractivity contribution in [3.63, 3.8) is 0 Å². The fraction of sp³-hybridized carbons (Fsp3) is 0.625. The molecule has 1 aliphatic carbocycles. The minimum absolute atomic E-state index is 0.454. The first-order valence-corrected chi connectivity index (χ1v) is 7.36. The van der Waals surface area contributed by atoms with Gasteiger partial charge in [-0.05, 0) is 75.2 Å². The molecule has 0 amide bonds. The Bertz CT molecular complexity index is 373. The maximum atomic E-state index is 5.51. The van der Waals surface area contributed by atoms with E-state index in [9.17, 15) is 0 Å². The van der Waals surface area contributed by atoms with Crippen molar-refractivity contribution in [2.75, 3.05) is 13.1 Å². The van der Waals surface area contributed by atoms with Crippen LogP contribution in [0, 0.1) is 0 Å². The number of aryl methyl sites for hydroxylation is 2. The van der Waals surface area contributed by atoms with Gasteiger partial charge in [0.15, 0.2) is 0 Å². The molecule has 2 heteroatoms. The van der Waals surface area contributed by atoms with E-state index in [-0.39, 0.29) is 0 Å². The molecule has 100 valence electrons. The van der Waals surface area contributed by atoms with Gasteiger partial charge in [-0.15, -0.1) is 0 Å². The highest BCUT2D eigenvalue weighted by atomic mass is 14.9. The molecule has 2 nitrogen and oxygen atoms in total. The molecule has 0 heterocycles. The molecule has 2 rings (SSSR count). The fourth-order valence-electron chi connectivity index (χ4n) is 2.73. The van der Waals surface area contributed by atoms with Gasteiger partial charge in [0.1, 0.15) is 0 Å². The van der Waals surface area contributed by atoms with Crippen LogP contribution in [0.3, 0.4) is 0 Å². The van der Waals surface area contributed by atoms with Crippen LogP contribution in [0.2, 0.25) is 0 Å². The summed E-state index contributed by atoms with van der Waals surface area (Å²) in [6.07, 6.45) is 7.54. The quantitative estimate of drug-likeness (QED) is 0.757. The summed E-state index contributed by atoms with van der Waals surface area (Å²) in [4.78, 5) is 0. The van der Waals surface area contributed by atoms with Gasteiger partial charge in [-0.25, -0.2) is 0 Å². The number of unbranched alkanes of at least 4 members (excludes halogenated alkanes) is 1. The summed E-state index contributed by atoms with van der Waals surface area (Å²) in [5.41, 5.74) is 10.1.